The van der Waals surface area contributed by atoms with E-state index in [0.29, 0.717) is 0 Å². The summed E-state index contributed by atoms with van der Waals surface area (Å²) in [5.74, 6) is 6.88. The third-order valence-corrected chi connectivity index (χ3v) is 0. The molecule has 0 aromatic carbocycles. The first kappa shape index (κ1) is 9.07. The van der Waals surface area contributed by atoms with E-state index in [2.05, 4.69) is 17.5 Å². The Morgan fingerprint density at radius 3 is 1.00 bits per heavy atom. The van der Waals surface area contributed by atoms with E-state index < -0.39 is 0 Å². The number of hydrogen-bond donors (Lipinski definition) is 0. The zero-order chi connectivity index (χ0) is 3.58. The van der Waals surface area contributed by atoms with Gasteiger partial charge in [-0.3, -0.25) is 0 Å². The van der Waals surface area contributed by atoms with E-state index in [1.165, 1.54) is 0 Å². The van der Waals surface area contributed by atoms with Gasteiger partial charge in [0, 0.05) is 0 Å². The van der Waals surface area contributed by atoms with E-state index in [1.807, 2.05) is 0 Å². The largest absolute Gasteiger partial charge is 1.00 e. The molecule has 0 heterocycles. The fraction of sp³-hybridized carbons (Fsp3) is 1.00. The second-order valence-corrected chi connectivity index (χ2v) is 6.36. The quantitative estimate of drug-likeness (QED) is 0.357. The number of hydrogen-bond acceptors (Lipinski definition) is 0. The average molecular weight is 143 g/mol. The maximum atomic E-state index is 2.29. The van der Waals surface area contributed by atoms with Crippen LogP contribution in [0.15, 0.2) is 0 Å². The summed E-state index contributed by atoms with van der Waals surface area (Å²) in [6.07, 6.45) is 0. The molecule has 0 bridgehead atoms. The van der Waals surface area contributed by atoms with Crippen molar-refractivity contribution in [2.24, 2.45) is 0 Å². The van der Waals surface area contributed by atoms with Crippen LogP contribution < -0.4 is 4.70 Å². The van der Waals surface area contributed by atoms with E-state index in [1.54, 1.807) is 0 Å². The minimum absolute atomic E-state index is 0. The van der Waals surface area contributed by atoms with Crippen molar-refractivity contribution < 1.29 is 4.70 Å². The smallest absolute Gasteiger partial charge is 1.00 e. The second-order valence-electron chi connectivity index (χ2n) is 1.22. The second kappa shape index (κ2) is 4.45. The van der Waals surface area contributed by atoms with E-state index >= 15 is 0 Å². The minimum atomic E-state index is -0.0417. The van der Waals surface area contributed by atoms with E-state index in [9.17, 15) is 0 Å². The molecule has 34 valence electrons. The summed E-state index contributed by atoms with van der Waals surface area (Å²) in [5, 5.41) is 0. The third-order valence-electron chi connectivity index (χ3n) is 0. The summed E-state index contributed by atoms with van der Waals surface area (Å²) >= 11 is -0.0417. The molecular formula is C3H9FSe. The Labute approximate surface area is 36.8 Å². The zero-order valence-electron chi connectivity index (χ0n) is 3.79. The van der Waals surface area contributed by atoms with Crippen molar-refractivity contribution in [1.29, 1.82) is 0 Å². The first-order chi connectivity index (χ1) is 1.73. The molecule has 0 spiro atoms. The summed E-state index contributed by atoms with van der Waals surface area (Å²) in [7, 11) is 0. The summed E-state index contributed by atoms with van der Waals surface area (Å²) in [4.78, 5) is 0. The van der Waals surface area contributed by atoms with Gasteiger partial charge in [0.25, 0.3) is 0 Å². The van der Waals surface area contributed by atoms with Crippen LogP contribution in [0.4, 0.5) is 0 Å². The van der Waals surface area contributed by atoms with Crippen LogP contribution in [0.2, 0.25) is 17.5 Å². The SMILES string of the molecule is C[Se+](C)C.[F-]. The normalized spacial score (nSPS) is 7.20. The van der Waals surface area contributed by atoms with Crippen LogP contribution in [0.1, 0.15) is 0 Å². The molecular weight excluding hydrogens is 134 g/mol. The monoisotopic (exact) mass is 144 g/mol. The van der Waals surface area contributed by atoms with Crippen molar-refractivity contribution >= 4 is 13.9 Å². The molecule has 0 aliphatic rings. The molecule has 0 N–H and O–H groups in total. The number of halogens is 1. The van der Waals surface area contributed by atoms with Crippen LogP contribution in [0.25, 0.3) is 0 Å². The molecule has 0 aromatic rings. The van der Waals surface area contributed by atoms with Gasteiger partial charge in [-0.25, -0.2) is 0 Å². The van der Waals surface area contributed by atoms with Gasteiger partial charge < -0.3 is 4.70 Å². The summed E-state index contributed by atoms with van der Waals surface area (Å²) in [5.41, 5.74) is 0. The Balaban J connectivity index is 0. The molecule has 0 saturated heterocycles. The van der Waals surface area contributed by atoms with Crippen molar-refractivity contribution in [3.05, 3.63) is 0 Å². The molecule has 0 unspecified atom stereocenters. The van der Waals surface area contributed by atoms with Crippen LogP contribution in [0.3, 0.4) is 0 Å². The van der Waals surface area contributed by atoms with Crippen molar-refractivity contribution in [1.82, 2.24) is 0 Å². The molecule has 0 fully saturated rings. The third kappa shape index (κ3) is 132. The van der Waals surface area contributed by atoms with Gasteiger partial charge in [-0.05, 0) is 0 Å². The van der Waals surface area contributed by atoms with Crippen LogP contribution in [0, 0.1) is 0 Å². The summed E-state index contributed by atoms with van der Waals surface area (Å²) in [6, 6.07) is 0. The molecule has 0 aliphatic heterocycles. The molecule has 0 nitrogen and oxygen atoms in total. The van der Waals surface area contributed by atoms with E-state index in [0.717, 1.165) is 0 Å². The Kier molecular flexibility index (Phi) is 8.07. The Morgan fingerprint density at radius 2 is 1.00 bits per heavy atom. The Bertz CT molecular complexity index is 11.6. The minimum Gasteiger partial charge on any atom is -1.00 e. The maximum Gasteiger partial charge on any atom is -1.00 e. The standard InChI is InChI=1S/C3H9Se.FH/c1-4(2)3;/h1-3H3;1H/q+1;/p-1. The van der Waals surface area contributed by atoms with Crippen LogP contribution >= 0.6 is 0 Å². The molecule has 0 saturated carbocycles. The van der Waals surface area contributed by atoms with Gasteiger partial charge >= 0.3 is 31.4 Å². The van der Waals surface area contributed by atoms with Crippen LogP contribution in [0.5, 0.6) is 0 Å². The zero-order valence-corrected chi connectivity index (χ0v) is 5.50. The molecule has 0 aromatic heterocycles. The van der Waals surface area contributed by atoms with Crippen molar-refractivity contribution in [3.63, 3.8) is 0 Å². The first-order valence-electron chi connectivity index (χ1n) is 1.22. The van der Waals surface area contributed by atoms with Gasteiger partial charge in [0.15, 0.2) is 0 Å². The van der Waals surface area contributed by atoms with Gasteiger partial charge in [-0.2, -0.15) is 0 Å². The Morgan fingerprint density at radius 1 is 1.00 bits per heavy atom. The maximum absolute atomic E-state index is 2.29. The van der Waals surface area contributed by atoms with Gasteiger partial charge in [-0.1, -0.05) is 0 Å². The molecule has 0 atom stereocenters. The van der Waals surface area contributed by atoms with E-state index in [-0.39, 0.29) is 18.6 Å². The summed E-state index contributed by atoms with van der Waals surface area (Å²) < 4.78 is 0. The molecule has 0 rings (SSSR count). The van der Waals surface area contributed by atoms with Gasteiger partial charge in [-0.15, -0.1) is 0 Å². The van der Waals surface area contributed by atoms with Gasteiger partial charge in [0.2, 0.25) is 0 Å². The summed E-state index contributed by atoms with van der Waals surface area (Å²) in [6.45, 7) is 0. The molecule has 0 amide bonds. The predicted molar refractivity (Wildman–Crippen MR) is 23.3 cm³/mol. The predicted octanol–water partition coefficient (Wildman–Crippen LogP) is -1.63. The van der Waals surface area contributed by atoms with Gasteiger partial charge in [0.1, 0.15) is 0 Å². The van der Waals surface area contributed by atoms with Crippen LogP contribution in [-0.4, -0.2) is 13.9 Å². The van der Waals surface area contributed by atoms with Crippen molar-refractivity contribution in [2.45, 2.75) is 17.5 Å². The first-order valence-corrected chi connectivity index (χ1v) is 6.36. The fourth-order valence-electron chi connectivity index (χ4n) is 0. The fourth-order valence-corrected chi connectivity index (χ4v) is 0. The molecule has 2 heteroatoms. The van der Waals surface area contributed by atoms with Crippen LogP contribution in [-0.2, 0) is 0 Å². The number of rotatable bonds is 0. The van der Waals surface area contributed by atoms with Gasteiger partial charge in [0.05, 0.1) is 0 Å². The average Bonchev–Trinajstić information content (AvgIpc) is 0.811. The molecule has 0 radical (unpaired) electrons. The molecule has 5 heavy (non-hydrogen) atoms. The van der Waals surface area contributed by atoms with E-state index in [4.69, 9.17) is 0 Å². The van der Waals surface area contributed by atoms with Crippen molar-refractivity contribution in [3.8, 4) is 0 Å². The van der Waals surface area contributed by atoms with Crippen molar-refractivity contribution in [2.75, 3.05) is 0 Å². The molecule has 0 aliphatic carbocycles. The Hall–Kier alpha value is 0.449. The topological polar surface area (TPSA) is 0 Å².